The third kappa shape index (κ3) is 7.89. The number of nitrogens with zero attached hydrogens (tertiary/aromatic N) is 2. The van der Waals surface area contributed by atoms with Crippen molar-refractivity contribution in [3.05, 3.63) is 34.1 Å². The Bertz CT molecular complexity index is 605. The molecule has 0 amide bonds. The Hall–Kier alpha value is -2.56. The normalized spacial score (nSPS) is 8.95. The highest BCUT2D eigenvalue weighted by atomic mass is 19.3. The van der Waals surface area contributed by atoms with Gasteiger partial charge in [-0.2, -0.15) is 13.8 Å². The van der Waals surface area contributed by atoms with Gasteiger partial charge in [0.2, 0.25) is 11.9 Å². The first-order chi connectivity index (χ1) is 9.60. The monoisotopic (exact) mass is 315 g/mol. The molecular formula is C10H5B2F4N2O4. The summed E-state index contributed by atoms with van der Waals surface area (Å²) in [6.45, 7) is 0. The molecular weight excluding hydrogens is 310 g/mol. The van der Waals surface area contributed by atoms with Crippen LogP contribution in [0.1, 0.15) is 0 Å². The fraction of sp³-hybridized carbons (Fsp3) is 0.100. The number of pyridine rings is 1. The Morgan fingerprint density at radius 1 is 1.32 bits per heavy atom. The Morgan fingerprint density at radius 2 is 1.77 bits per heavy atom. The second-order valence-corrected chi connectivity index (χ2v) is 3.11. The third-order valence-electron chi connectivity index (χ3n) is 1.60. The molecule has 0 aliphatic rings. The molecule has 6 nitrogen and oxygen atoms in total. The highest BCUT2D eigenvalue weighted by molar-refractivity contribution is 6.58. The average Bonchev–Trinajstić information content (AvgIpc) is 2.35. The molecule has 0 aliphatic carbocycles. The van der Waals surface area contributed by atoms with E-state index >= 15 is 0 Å². The summed E-state index contributed by atoms with van der Waals surface area (Å²) >= 11 is 0. The van der Waals surface area contributed by atoms with E-state index in [9.17, 15) is 27.7 Å². The quantitative estimate of drug-likeness (QED) is 0.141. The maximum Gasteiger partial charge on any atom is 0.581 e. The zero-order valence-corrected chi connectivity index (χ0v) is 10.5. The highest BCUT2D eigenvalue weighted by Gasteiger charge is 2.41. The van der Waals surface area contributed by atoms with E-state index in [0.29, 0.717) is 0 Å². The van der Waals surface area contributed by atoms with Crippen molar-refractivity contribution in [2.75, 3.05) is 0 Å². The van der Waals surface area contributed by atoms with Crippen LogP contribution in [0, 0.1) is 46.2 Å². The van der Waals surface area contributed by atoms with E-state index in [0.717, 1.165) is 18.1 Å². The van der Waals surface area contributed by atoms with Gasteiger partial charge in [-0.25, -0.2) is 0 Å². The number of terminal acetylenes is 1. The summed E-state index contributed by atoms with van der Waals surface area (Å²) < 4.78 is 48.0. The zero-order valence-electron chi connectivity index (χ0n) is 10.5. The highest BCUT2D eigenvalue weighted by Crippen LogP contribution is 2.10. The van der Waals surface area contributed by atoms with Crippen LogP contribution in [0.5, 0.6) is 0 Å². The number of hydrogen-bond acceptors (Lipinski definition) is 5. The fourth-order valence-electron chi connectivity index (χ4n) is 0.789. The van der Waals surface area contributed by atoms with E-state index in [1.807, 2.05) is 0 Å². The van der Waals surface area contributed by atoms with Gasteiger partial charge in [0.05, 0.1) is 5.92 Å². The minimum absolute atomic E-state index is 0. The molecule has 0 spiro atoms. The summed E-state index contributed by atoms with van der Waals surface area (Å²) in [7, 11) is -1.87. The van der Waals surface area contributed by atoms with Crippen molar-refractivity contribution in [3.63, 3.8) is 0 Å². The molecule has 3 radical (unpaired) electrons. The summed E-state index contributed by atoms with van der Waals surface area (Å²) in [6, 6.07) is -2.74. The molecule has 0 fully saturated rings. The van der Waals surface area contributed by atoms with Gasteiger partial charge in [-0.15, -0.1) is 15.2 Å². The molecule has 1 aromatic heterocycles. The van der Waals surface area contributed by atoms with Crippen molar-refractivity contribution in [1.82, 2.24) is 4.98 Å². The lowest BCUT2D eigenvalue weighted by Crippen LogP contribution is -2.30. The van der Waals surface area contributed by atoms with Crippen molar-refractivity contribution in [3.8, 4) is 24.2 Å². The summed E-state index contributed by atoms with van der Waals surface area (Å²) in [5.41, 5.74) is -0.255. The lowest BCUT2D eigenvalue weighted by atomic mass is 9.81. The summed E-state index contributed by atoms with van der Waals surface area (Å²) in [5.74, 6) is 1.83. The number of hydrogen-bond donors (Lipinski definition) is 2. The van der Waals surface area contributed by atoms with Gasteiger partial charge in [0.1, 0.15) is 4.92 Å². The van der Waals surface area contributed by atoms with Crippen molar-refractivity contribution < 1.29 is 32.5 Å². The Balaban J connectivity index is 0. The topological polar surface area (TPSA) is 96.5 Å². The Kier molecular flexibility index (Phi) is 9.28. The molecule has 0 unspecified atom stereocenters. The average molecular weight is 315 g/mol. The fourth-order valence-corrected chi connectivity index (χ4v) is 0.789. The van der Waals surface area contributed by atoms with E-state index in [1.54, 1.807) is 0 Å². The summed E-state index contributed by atoms with van der Waals surface area (Å²) in [4.78, 5) is 10.4. The molecule has 12 heteroatoms. The van der Waals surface area contributed by atoms with Gasteiger partial charge < -0.3 is 10.0 Å². The first-order valence-electron chi connectivity index (χ1n) is 4.79. The van der Waals surface area contributed by atoms with Gasteiger partial charge in [0, 0.05) is 8.41 Å². The van der Waals surface area contributed by atoms with Crippen LogP contribution in [0.25, 0.3) is 0 Å². The molecule has 0 bridgehead atoms. The van der Waals surface area contributed by atoms with E-state index in [4.69, 9.17) is 10.0 Å². The molecule has 1 aromatic rings. The van der Waals surface area contributed by atoms with Gasteiger partial charge in [0.15, 0.2) is 0 Å². The zero-order chi connectivity index (χ0) is 16.6. The van der Waals surface area contributed by atoms with Crippen molar-refractivity contribution >= 4 is 21.0 Å². The first-order valence-corrected chi connectivity index (χ1v) is 4.79. The second kappa shape index (κ2) is 9.39. The first kappa shape index (κ1) is 21.7. The van der Waals surface area contributed by atoms with Crippen LogP contribution < -0.4 is 5.46 Å². The van der Waals surface area contributed by atoms with Gasteiger partial charge >= 0.3 is 13.2 Å². The van der Waals surface area contributed by atoms with E-state index in [1.165, 1.54) is 11.8 Å². The molecule has 0 saturated carbocycles. The standard InChI is InChI=1S/C5H4BF2NO2.C5HF2NO2.B/c7-4-1-3(6(10)11)2-5(8)9-4;1-2-3-4-5(6,7)8(9)10;/h1-2,10-11H;1H;. The largest absolute Gasteiger partial charge is 0.581 e. The molecule has 0 aromatic carbocycles. The maximum absolute atomic E-state index is 12.2. The van der Waals surface area contributed by atoms with Crippen LogP contribution in [0.3, 0.4) is 0 Å². The lowest BCUT2D eigenvalue weighted by Gasteiger charge is -1.97. The van der Waals surface area contributed by atoms with Crippen molar-refractivity contribution in [2.45, 2.75) is 6.05 Å². The molecule has 0 aliphatic heterocycles. The van der Waals surface area contributed by atoms with E-state index in [2.05, 4.69) is 11.4 Å². The number of alkyl halides is 2. The number of halogens is 4. The Labute approximate surface area is 124 Å². The Morgan fingerprint density at radius 3 is 2.09 bits per heavy atom. The van der Waals surface area contributed by atoms with Crippen LogP contribution in [0.2, 0.25) is 0 Å². The van der Waals surface area contributed by atoms with Crippen LogP contribution in [-0.4, -0.2) is 41.5 Å². The van der Waals surface area contributed by atoms with E-state index in [-0.39, 0.29) is 13.9 Å². The van der Waals surface area contributed by atoms with Crippen molar-refractivity contribution in [1.29, 1.82) is 0 Å². The van der Waals surface area contributed by atoms with Crippen molar-refractivity contribution in [2.24, 2.45) is 0 Å². The second-order valence-electron chi connectivity index (χ2n) is 3.11. The van der Waals surface area contributed by atoms with Crippen LogP contribution >= 0.6 is 0 Å². The van der Waals surface area contributed by atoms with Gasteiger partial charge in [0.25, 0.3) is 0 Å². The van der Waals surface area contributed by atoms with Crippen LogP contribution in [0.4, 0.5) is 17.6 Å². The maximum atomic E-state index is 12.2. The SMILES string of the molecule is C#CC#CC(F)(F)[N+](=O)[O-].OB(O)c1cc(F)nc(F)c1.[B]. The smallest absolute Gasteiger partial charge is 0.423 e. The van der Waals surface area contributed by atoms with Gasteiger partial charge in [-0.1, -0.05) is 0 Å². The number of rotatable bonds is 2. The third-order valence-corrected chi connectivity index (χ3v) is 1.60. The van der Waals surface area contributed by atoms with Gasteiger partial charge in [-0.05, 0) is 29.4 Å². The van der Waals surface area contributed by atoms with Crippen LogP contribution in [-0.2, 0) is 0 Å². The molecule has 22 heavy (non-hydrogen) atoms. The summed E-state index contributed by atoms with van der Waals surface area (Å²) in [5, 5.41) is 26.3. The molecule has 2 N–H and O–H groups in total. The summed E-state index contributed by atoms with van der Waals surface area (Å²) in [6.07, 6.45) is 4.46. The number of aromatic nitrogens is 1. The molecule has 1 rings (SSSR count). The minimum atomic E-state index is -4.23. The molecule has 0 saturated heterocycles. The van der Waals surface area contributed by atoms with Crippen LogP contribution in [0.15, 0.2) is 12.1 Å². The van der Waals surface area contributed by atoms with E-state index < -0.39 is 30.0 Å². The lowest BCUT2D eigenvalue weighted by molar-refractivity contribution is -0.622. The predicted octanol–water partition coefficient (Wildman–Crippen LogP) is -0.849. The molecule has 1 heterocycles. The number of nitro groups is 1. The molecule has 113 valence electrons. The van der Waals surface area contributed by atoms with Gasteiger partial charge in [-0.3, -0.25) is 10.1 Å². The predicted molar refractivity (Wildman–Crippen MR) is 68.3 cm³/mol. The molecule has 0 atom stereocenters. The minimum Gasteiger partial charge on any atom is -0.423 e.